The van der Waals surface area contributed by atoms with Gasteiger partial charge in [0.2, 0.25) is 5.91 Å². The first-order valence-corrected chi connectivity index (χ1v) is 11.7. The lowest BCUT2D eigenvalue weighted by Crippen LogP contribution is -2.25. The highest BCUT2D eigenvalue weighted by atomic mass is 16.2. The minimum Gasteiger partial charge on any atom is -0.325 e. The maximum Gasteiger partial charge on any atom is 0.278 e. The fourth-order valence-electron chi connectivity index (χ4n) is 4.87. The minimum atomic E-state index is -0.183. The van der Waals surface area contributed by atoms with E-state index in [2.05, 4.69) is 22.4 Å². The lowest BCUT2D eigenvalue weighted by Gasteiger charge is -2.14. The van der Waals surface area contributed by atoms with E-state index in [1.807, 2.05) is 76.2 Å². The van der Waals surface area contributed by atoms with Crippen molar-refractivity contribution in [3.63, 3.8) is 0 Å². The van der Waals surface area contributed by atoms with Gasteiger partial charge in [-0.2, -0.15) is 0 Å². The number of amides is 1. The highest BCUT2D eigenvalue weighted by molar-refractivity contribution is 6.07. The van der Waals surface area contributed by atoms with Crippen LogP contribution in [0.5, 0.6) is 0 Å². The number of carbonyl (C=O) groups is 1. The molecule has 0 bridgehead atoms. The Bertz CT molecular complexity index is 1620. The van der Waals surface area contributed by atoms with E-state index >= 15 is 0 Å². The van der Waals surface area contributed by atoms with Crippen LogP contribution in [0.4, 0.5) is 5.69 Å². The van der Waals surface area contributed by atoms with Crippen LogP contribution in [0.2, 0.25) is 0 Å². The van der Waals surface area contributed by atoms with Crippen LogP contribution in [-0.2, 0) is 17.9 Å². The zero-order chi connectivity index (χ0) is 24.7. The van der Waals surface area contributed by atoms with E-state index in [4.69, 9.17) is 0 Å². The molecule has 176 valence electrons. The van der Waals surface area contributed by atoms with Crippen LogP contribution in [0.1, 0.15) is 27.8 Å². The number of aryl methyl sites for hydroxylation is 4. The molecule has 0 saturated carbocycles. The second-order valence-corrected chi connectivity index (χ2v) is 9.29. The highest BCUT2D eigenvalue weighted by Gasteiger charge is 2.19. The van der Waals surface area contributed by atoms with Crippen LogP contribution in [-0.4, -0.2) is 20.0 Å². The van der Waals surface area contributed by atoms with E-state index in [9.17, 15) is 9.59 Å². The van der Waals surface area contributed by atoms with E-state index in [0.29, 0.717) is 17.6 Å². The summed E-state index contributed by atoms with van der Waals surface area (Å²) in [7, 11) is 0. The molecule has 1 amide bonds. The quantitative estimate of drug-likeness (QED) is 0.385. The van der Waals surface area contributed by atoms with Crippen molar-refractivity contribution in [2.45, 2.75) is 40.8 Å². The number of anilines is 1. The fourth-order valence-corrected chi connectivity index (χ4v) is 4.87. The molecule has 5 aromatic rings. The molecule has 6 heteroatoms. The van der Waals surface area contributed by atoms with Crippen LogP contribution in [0.3, 0.4) is 0 Å². The molecule has 5 rings (SSSR count). The molecule has 0 atom stereocenters. The average molecular weight is 465 g/mol. The molecule has 0 fully saturated rings. The number of fused-ring (bicyclic) bond motifs is 3. The number of hydrogen-bond acceptors (Lipinski definition) is 3. The third-order valence-electron chi connectivity index (χ3n) is 6.42. The lowest BCUT2D eigenvalue weighted by molar-refractivity contribution is -0.116. The number of rotatable bonds is 5. The van der Waals surface area contributed by atoms with Crippen molar-refractivity contribution in [3.8, 4) is 0 Å². The molecule has 1 N–H and O–H groups in total. The average Bonchev–Trinajstić information content (AvgIpc) is 3.12. The van der Waals surface area contributed by atoms with Crippen molar-refractivity contribution >= 4 is 33.5 Å². The molecule has 0 radical (unpaired) electrons. The summed E-state index contributed by atoms with van der Waals surface area (Å²) >= 11 is 0. The molecule has 6 nitrogen and oxygen atoms in total. The second kappa shape index (κ2) is 8.87. The van der Waals surface area contributed by atoms with Gasteiger partial charge in [0.25, 0.3) is 5.56 Å². The summed E-state index contributed by atoms with van der Waals surface area (Å²) in [5.41, 5.74) is 7.80. The Hall–Kier alpha value is -4.19. The Labute approximate surface area is 203 Å². The second-order valence-electron chi connectivity index (χ2n) is 9.29. The summed E-state index contributed by atoms with van der Waals surface area (Å²) in [6.45, 7) is 8.46. The van der Waals surface area contributed by atoms with Crippen molar-refractivity contribution in [1.29, 1.82) is 0 Å². The van der Waals surface area contributed by atoms with Crippen LogP contribution < -0.4 is 10.9 Å². The molecule has 3 aromatic carbocycles. The number of nitrogens with one attached hydrogen (secondary N) is 1. The van der Waals surface area contributed by atoms with Gasteiger partial charge in [-0.1, -0.05) is 59.7 Å². The smallest absolute Gasteiger partial charge is 0.278 e. The SMILES string of the molecule is Cc1cc(C)c(NC(=O)Cn2c3ccc(C)cc3c3ncn(Cc4ccccc4)c(=O)c32)c(C)c1. The van der Waals surface area contributed by atoms with Gasteiger partial charge in [0.15, 0.2) is 0 Å². The van der Waals surface area contributed by atoms with Gasteiger partial charge in [-0.25, -0.2) is 4.98 Å². The molecule has 2 heterocycles. The summed E-state index contributed by atoms with van der Waals surface area (Å²) < 4.78 is 3.40. The predicted molar refractivity (Wildman–Crippen MR) is 141 cm³/mol. The van der Waals surface area contributed by atoms with E-state index in [1.165, 1.54) is 0 Å². The van der Waals surface area contributed by atoms with Crippen molar-refractivity contribution < 1.29 is 4.79 Å². The summed E-state index contributed by atoms with van der Waals surface area (Å²) in [5.74, 6) is -0.183. The lowest BCUT2D eigenvalue weighted by atomic mass is 10.1. The first kappa shape index (κ1) is 22.6. The molecule has 0 aliphatic heterocycles. The Balaban J connectivity index is 1.61. The van der Waals surface area contributed by atoms with Crippen molar-refractivity contribution in [3.05, 3.63) is 105 Å². The van der Waals surface area contributed by atoms with Crippen LogP contribution in [0.15, 0.2) is 71.8 Å². The zero-order valence-electron chi connectivity index (χ0n) is 20.4. The molecule has 0 aliphatic carbocycles. The standard InChI is InChI=1S/C29H28N4O2/c1-18-10-11-24-23(14-18)27-28(29(35)32(17-30-27)15-22-8-6-5-7-9-22)33(24)16-25(34)31-26-20(3)12-19(2)13-21(26)4/h5-14,17H,15-16H2,1-4H3,(H,31,34). The number of nitrogens with zero attached hydrogens (tertiary/aromatic N) is 3. The molecule has 0 aliphatic rings. The number of carbonyl (C=O) groups excluding carboxylic acids is 1. The minimum absolute atomic E-state index is 0.0160. The van der Waals surface area contributed by atoms with Crippen molar-refractivity contribution in [2.24, 2.45) is 0 Å². The summed E-state index contributed by atoms with van der Waals surface area (Å²) in [5, 5.41) is 3.94. The first-order chi connectivity index (χ1) is 16.8. The normalized spacial score (nSPS) is 11.3. The van der Waals surface area contributed by atoms with Crippen LogP contribution >= 0.6 is 0 Å². The first-order valence-electron chi connectivity index (χ1n) is 11.7. The van der Waals surface area contributed by atoms with E-state index in [-0.39, 0.29) is 18.0 Å². The van der Waals surface area contributed by atoms with Crippen LogP contribution in [0, 0.1) is 27.7 Å². The van der Waals surface area contributed by atoms with Gasteiger partial charge in [-0.3, -0.25) is 14.2 Å². The van der Waals surface area contributed by atoms with Gasteiger partial charge in [-0.15, -0.1) is 0 Å². The van der Waals surface area contributed by atoms with Crippen LogP contribution in [0.25, 0.3) is 21.9 Å². The van der Waals surface area contributed by atoms with Gasteiger partial charge in [0, 0.05) is 11.1 Å². The summed E-state index contributed by atoms with van der Waals surface area (Å²) in [6, 6.07) is 19.9. The van der Waals surface area contributed by atoms with Crippen molar-refractivity contribution in [1.82, 2.24) is 14.1 Å². The van der Waals surface area contributed by atoms with E-state index < -0.39 is 0 Å². The molecular weight excluding hydrogens is 436 g/mol. The molecule has 0 saturated heterocycles. The maximum absolute atomic E-state index is 13.7. The molecule has 2 aromatic heterocycles. The van der Waals surface area contributed by atoms with Gasteiger partial charge >= 0.3 is 0 Å². The fraction of sp³-hybridized carbons (Fsp3) is 0.207. The molecule has 0 spiro atoms. The predicted octanol–water partition coefficient (Wildman–Crippen LogP) is 5.27. The topological polar surface area (TPSA) is 68.9 Å². The largest absolute Gasteiger partial charge is 0.325 e. The molecule has 35 heavy (non-hydrogen) atoms. The molecule has 0 unspecified atom stereocenters. The number of aromatic nitrogens is 3. The molecular formula is C29H28N4O2. The van der Waals surface area contributed by atoms with E-state index in [0.717, 1.165) is 44.4 Å². The Morgan fingerprint density at radius 3 is 2.34 bits per heavy atom. The zero-order valence-corrected chi connectivity index (χ0v) is 20.4. The van der Waals surface area contributed by atoms with Gasteiger partial charge < -0.3 is 9.88 Å². The number of benzene rings is 3. The van der Waals surface area contributed by atoms with Gasteiger partial charge in [0.1, 0.15) is 17.6 Å². The summed E-state index contributed by atoms with van der Waals surface area (Å²) in [4.78, 5) is 31.6. The third kappa shape index (κ3) is 4.23. The van der Waals surface area contributed by atoms with Crippen molar-refractivity contribution in [2.75, 3.05) is 5.32 Å². The Morgan fingerprint density at radius 1 is 0.914 bits per heavy atom. The van der Waals surface area contributed by atoms with E-state index in [1.54, 1.807) is 15.5 Å². The number of hydrogen-bond donors (Lipinski definition) is 1. The maximum atomic E-state index is 13.7. The summed E-state index contributed by atoms with van der Waals surface area (Å²) in [6.07, 6.45) is 1.60. The highest BCUT2D eigenvalue weighted by Crippen LogP contribution is 2.27. The van der Waals surface area contributed by atoms with Gasteiger partial charge in [0.05, 0.1) is 18.4 Å². The third-order valence-corrected chi connectivity index (χ3v) is 6.42. The Kier molecular flexibility index (Phi) is 5.73. The van der Waals surface area contributed by atoms with Gasteiger partial charge in [-0.05, 0) is 56.5 Å². The monoisotopic (exact) mass is 464 g/mol. The Morgan fingerprint density at radius 2 is 1.63 bits per heavy atom.